The van der Waals surface area contributed by atoms with Gasteiger partial charge in [-0.15, -0.1) is 0 Å². The molecule has 0 atom stereocenters. The van der Waals surface area contributed by atoms with Crippen molar-refractivity contribution < 1.29 is 9.18 Å². The van der Waals surface area contributed by atoms with Crippen LogP contribution in [-0.2, 0) is 0 Å². The summed E-state index contributed by atoms with van der Waals surface area (Å²) in [5.74, 6) is -0.272. The van der Waals surface area contributed by atoms with Crippen LogP contribution in [0, 0.1) is 32.0 Å². The lowest BCUT2D eigenvalue weighted by Crippen LogP contribution is -2.43. The number of aromatic nitrogens is 1. The van der Waals surface area contributed by atoms with E-state index in [2.05, 4.69) is 34.8 Å². The first-order chi connectivity index (χ1) is 14.4. The maximum Gasteiger partial charge on any atom is 0.319 e. The van der Waals surface area contributed by atoms with Crippen LogP contribution in [0.2, 0.25) is 0 Å². The highest BCUT2D eigenvalue weighted by Gasteiger charge is 2.31. The van der Waals surface area contributed by atoms with Crippen molar-refractivity contribution in [2.45, 2.75) is 59.3 Å². The highest BCUT2D eigenvalue weighted by Crippen LogP contribution is 2.35. The third-order valence-electron chi connectivity index (χ3n) is 6.17. The molecule has 6 heteroatoms. The highest BCUT2D eigenvalue weighted by molar-refractivity contribution is 5.89. The van der Waals surface area contributed by atoms with Gasteiger partial charge in [-0.3, -0.25) is 4.98 Å². The molecule has 0 bridgehead atoms. The van der Waals surface area contributed by atoms with Crippen LogP contribution in [-0.4, -0.2) is 24.1 Å². The number of nitrogens with zero attached hydrogens (tertiary/aromatic N) is 1. The first-order valence-corrected chi connectivity index (χ1v) is 10.8. The minimum absolute atomic E-state index is 0.00863. The van der Waals surface area contributed by atoms with Crippen molar-refractivity contribution in [3.63, 3.8) is 0 Å². The molecule has 2 amide bonds. The number of halogens is 1. The van der Waals surface area contributed by atoms with Crippen molar-refractivity contribution in [1.29, 1.82) is 0 Å². The summed E-state index contributed by atoms with van der Waals surface area (Å²) in [5.41, 5.74) is 4.53. The van der Waals surface area contributed by atoms with E-state index in [1.165, 1.54) is 31.7 Å². The molecule has 1 saturated carbocycles. The fourth-order valence-corrected chi connectivity index (χ4v) is 4.32. The number of benzene rings is 1. The van der Waals surface area contributed by atoms with Crippen LogP contribution in [0.3, 0.4) is 0 Å². The van der Waals surface area contributed by atoms with Crippen LogP contribution in [0.5, 0.6) is 0 Å². The van der Waals surface area contributed by atoms with Crippen molar-refractivity contribution in [2.24, 2.45) is 5.41 Å². The van der Waals surface area contributed by atoms with Crippen LogP contribution >= 0.6 is 0 Å². The lowest BCUT2D eigenvalue weighted by atomic mass is 9.80. The first kappa shape index (κ1) is 22.1. The van der Waals surface area contributed by atoms with Gasteiger partial charge in [-0.25, -0.2) is 9.18 Å². The Bertz CT molecular complexity index is 855. The summed E-state index contributed by atoms with van der Waals surface area (Å²) < 4.78 is 13.5. The Morgan fingerprint density at radius 3 is 2.30 bits per heavy atom. The third kappa shape index (κ3) is 5.71. The largest absolute Gasteiger partial charge is 0.384 e. The molecule has 0 saturated heterocycles. The number of nitrogens with one attached hydrogen (secondary N) is 3. The highest BCUT2D eigenvalue weighted by atomic mass is 19.1. The minimum atomic E-state index is -0.272. The molecule has 3 N–H and O–H groups in total. The van der Waals surface area contributed by atoms with Crippen LogP contribution in [0.1, 0.15) is 55.2 Å². The fourth-order valence-electron chi connectivity index (χ4n) is 4.32. The lowest BCUT2D eigenvalue weighted by molar-refractivity contribution is 0.229. The van der Waals surface area contributed by atoms with Crippen molar-refractivity contribution in [3.05, 3.63) is 53.1 Å². The number of carbonyl (C=O) groups excluding carboxylic acids is 1. The van der Waals surface area contributed by atoms with Crippen molar-refractivity contribution in [1.82, 2.24) is 10.3 Å². The molecule has 162 valence electrons. The summed E-state index contributed by atoms with van der Waals surface area (Å²) in [5, 5.41) is 9.56. The summed E-state index contributed by atoms with van der Waals surface area (Å²) in [6.45, 7) is 7.24. The first-order valence-electron chi connectivity index (χ1n) is 10.8. The predicted molar refractivity (Wildman–Crippen MR) is 120 cm³/mol. The number of rotatable bonds is 6. The van der Waals surface area contributed by atoms with Gasteiger partial charge in [0, 0.05) is 42.3 Å². The Morgan fingerprint density at radius 1 is 1.00 bits per heavy atom. The summed E-state index contributed by atoms with van der Waals surface area (Å²) in [6.07, 6.45) is 10.8. The molecule has 1 aromatic heterocycles. The Hall–Kier alpha value is -2.63. The molecule has 2 aromatic rings. The molecular weight excluding hydrogens is 379 g/mol. The van der Waals surface area contributed by atoms with Crippen LogP contribution < -0.4 is 16.0 Å². The molecule has 5 nitrogen and oxygen atoms in total. The molecular formula is C24H33FN4O. The smallest absolute Gasteiger partial charge is 0.319 e. The van der Waals surface area contributed by atoms with E-state index in [-0.39, 0.29) is 17.3 Å². The van der Waals surface area contributed by atoms with Crippen molar-refractivity contribution in [3.8, 4) is 0 Å². The van der Waals surface area contributed by atoms with Crippen LogP contribution in [0.25, 0.3) is 0 Å². The second-order valence-electron chi connectivity index (χ2n) is 8.69. The number of urea groups is 1. The van der Waals surface area contributed by atoms with Crippen molar-refractivity contribution in [2.75, 3.05) is 23.7 Å². The number of carbonyl (C=O) groups is 1. The molecule has 1 heterocycles. The van der Waals surface area contributed by atoms with Gasteiger partial charge in [0.1, 0.15) is 5.82 Å². The maximum absolute atomic E-state index is 13.5. The fraction of sp³-hybridized carbons (Fsp3) is 0.500. The topological polar surface area (TPSA) is 66.1 Å². The quantitative estimate of drug-likeness (QED) is 0.532. The number of pyridine rings is 1. The molecule has 1 aliphatic carbocycles. The van der Waals surface area contributed by atoms with E-state index < -0.39 is 0 Å². The second-order valence-corrected chi connectivity index (χ2v) is 8.69. The number of amides is 2. The average molecular weight is 413 g/mol. The van der Waals surface area contributed by atoms with Gasteiger partial charge in [0.15, 0.2) is 0 Å². The molecule has 1 aromatic carbocycles. The third-order valence-corrected chi connectivity index (χ3v) is 6.17. The summed E-state index contributed by atoms with van der Waals surface area (Å²) in [7, 11) is 0. The molecule has 30 heavy (non-hydrogen) atoms. The van der Waals surface area contributed by atoms with Crippen LogP contribution in [0.4, 0.5) is 20.6 Å². The SMILES string of the molecule is Cc1cc(NC(=O)NCC2(CNc3c(C)cncc3C)CCCCCC2)ccc1F. The molecule has 0 unspecified atom stereocenters. The van der Waals surface area contributed by atoms with Crippen molar-refractivity contribution >= 4 is 17.4 Å². The molecule has 0 aliphatic heterocycles. The lowest BCUT2D eigenvalue weighted by Gasteiger charge is -2.34. The van der Waals surface area contributed by atoms with Gasteiger partial charge in [-0.2, -0.15) is 0 Å². The zero-order chi connectivity index (χ0) is 21.6. The standard InChI is InChI=1S/C24H33FN4O/c1-17-12-20(8-9-21(17)25)29-23(30)28-16-24(10-6-4-5-7-11-24)15-27-22-18(2)13-26-14-19(22)3/h8-9,12-14H,4-7,10-11,15-16H2,1-3H3,(H,26,27)(H2,28,29,30). The average Bonchev–Trinajstić information content (AvgIpc) is 2.95. The molecule has 1 fully saturated rings. The van der Waals surface area contributed by atoms with E-state index >= 15 is 0 Å². The monoisotopic (exact) mass is 412 g/mol. The predicted octanol–water partition coefficient (Wildman–Crippen LogP) is 5.72. The molecule has 0 spiro atoms. The van der Waals surface area contributed by atoms with E-state index in [1.54, 1.807) is 19.1 Å². The number of hydrogen-bond donors (Lipinski definition) is 3. The van der Waals surface area contributed by atoms with Crippen LogP contribution in [0.15, 0.2) is 30.6 Å². The van der Waals surface area contributed by atoms with Gasteiger partial charge >= 0.3 is 6.03 Å². The Morgan fingerprint density at radius 2 is 1.67 bits per heavy atom. The summed E-state index contributed by atoms with van der Waals surface area (Å²) >= 11 is 0. The van der Waals surface area contributed by atoms with E-state index in [0.29, 0.717) is 17.8 Å². The van der Waals surface area contributed by atoms with Gasteiger partial charge in [0.05, 0.1) is 0 Å². The Kier molecular flexibility index (Phi) is 7.29. The number of hydrogen-bond acceptors (Lipinski definition) is 3. The van der Waals surface area contributed by atoms with Gasteiger partial charge in [-0.1, -0.05) is 25.7 Å². The minimum Gasteiger partial charge on any atom is -0.384 e. The van der Waals surface area contributed by atoms with E-state index in [0.717, 1.165) is 36.2 Å². The Labute approximate surface area is 178 Å². The zero-order valence-electron chi connectivity index (χ0n) is 18.3. The molecule has 0 radical (unpaired) electrons. The second kappa shape index (κ2) is 9.92. The van der Waals surface area contributed by atoms with E-state index in [9.17, 15) is 9.18 Å². The van der Waals surface area contributed by atoms with Gasteiger partial charge in [-0.05, 0) is 68.5 Å². The number of anilines is 2. The number of aryl methyl sites for hydroxylation is 3. The van der Waals surface area contributed by atoms with E-state index in [4.69, 9.17) is 0 Å². The molecule has 1 aliphatic rings. The Balaban J connectivity index is 1.65. The maximum atomic E-state index is 13.5. The normalized spacial score (nSPS) is 15.9. The molecule has 3 rings (SSSR count). The zero-order valence-corrected chi connectivity index (χ0v) is 18.3. The van der Waals surface area contributed by atoms with Gasteiger partial charge < -0.3 is 16.0 Å². The van der Waals surface area contributed by atoms with E-state index in [1.807, 2.05) is 12.4 Å². The van der Waals surface area contributed by atoms with Gasteiger partial charge in [0.25, 0.3) is 0 Å². The summed E-state index contributed by atoms with van der Waals surface area (Å²) in [6, 6.07) is 4.36. The summed E-state index contributed by atoms with van der Waals surface area (Å²) in [4.78, 5) is 16.8. The van der Waals surface area contributed by atoms with Gasteiger partial charge in [0.2, 0.25) is 0 Å².